The lowest BCUT2D eigenvalue weighted by Gasteiger charge is -2.09. The lowest BCUT2D eigenvalue weighted by atomic mass is 10.1. The van der Waals surface area contributed by atoms with Crippen LogP contribution in [0.2, 0.25) is 0 Å². The van der Waals surface area contributed by atoms with Gasteiger partial charge in [0, 0.05) is 30.6 Å². The van der Waals surface area contributed by atoms with Gasteiger partial charge in [-0.3, -0.25) is 0 Å². The number of fused-ring (bicyclic) bond motifs is 1. The summed E-state index contributed by atoms with van der Waals surface area (Å²) in [4.78, 5) is 18.4. The first-order valence-corrected chi connectivity index (χ1v) is 8.19. The molecule has 0 N–H and O–H groups in total. The van der Waals surface area contributed by atoms with Crippen molar-refractivity contribution in [3.8, 4) is 5.69 Å². The van der Waals surface area contributed by atoms with Crippen LogP contribution in [0.15, 0.2) is 30.6 Å². The highest BCUT2D eigenvalue weighted by molar-refractivity contribution is 7.21. The Balaban J connectivity index is 2.33. The number of ether oxygens (including phenoxy) is 2. The molecule has 0 aromatic carbocycles. The van der Waals surface area contributed by atoms with Crippen LogP contribution >= 0.6 is 11.3 Å². The second-order valence-electron chi connectivity index (χ2n) is 5.13. The highest BCUT2D eigenvalue weighted by Gasteiger charge is 2.23. The van der Waals surface area contributed by atoms with Gasteiger partial charge in [0.05, 0.1) is 18.9 Å². The average Bonchev–Trinajstić information content (AvgIpc) is 3.13. The first kappa shape index (κ1) is 15.7. The number of hydrogen-bond donors (Lipinski definition) is 0. The van der Waals surface area contributed by atoms with E-state index in [0.29, 0.717) is 18.1 Å². The van der Waals surface area contributed by atoms with Crippen molar-refractivity contribution in [2.75, 3.05) is 13.7 Å². The highest BCUT2D eigenvalue weighted by atomic mass is 32.1. The van der Waals surface area contributed by atoms with E-state index in [2.05, 4.69) is 4.98 Å². The minimum Gasteiger partial charge on any atom is -0.462 e. The third-order valence-electron chi connectivity index (χ3n) is 3.47. The van der Waals surface area contributed by atoms with Gasteiger partial charge in [0.2, 0.25) is 0 Å². The standard InChI is InChI=1S/C17H18N2O3S/c1-4-22-17(20)15-14(19-7-5-6-8-19)13-12(10-21-3)9-11(2)18-16(13)23-15/h5-9H,4,10H2,1-3H3. The fraction of sp³-hybridized carbons (Fsp3) is 0.294. The van der Waals surface area contributed by atoms with Crippen molar-refractivity contribution in [1.29, 1.82) is 0 Å². The molecule has 0 amide bonds. The Morgan fingerprint density at radius 3 is 2.74 bits per heavy atom. The van der Waals surface area contributed by atoms with Gasteiger partial charge in [0.25, 0.3) is 0 Å². The van der Waals surface area contributed by atoms with Gasteiger partial charge in [0.15, 0.2) is 0 Å². The van der Waals surface area contributed by atoms with Crippen molar-refractivity contribution in [1.82, 2.24) is 9.55 Å². The maximum absolute atomic E-state index is 12.4. The zero-order chi connectivity index (χ0) is 16.4. The van der Waals surface area contributed by atoms with E-state index in [0.717, 1.165) is 27.2 Å². The molecule has 0 atom stereocenters. The van der Waals surface area contributed by atoms with Crippen molar-refractivity contribution in [2.24, 2.45) is 0 Å². The lowest BCUT2D eigenvalue weighted by Crippen LogP contribution is -2.06. The SMILES string of the molecule is CCOC(=O)c1sc2nc(C)cc(COC)c2c1-n1cccc1. The molecule has 120 valence electrons. The van der Waals surface area contributed by atoms with Gasteiger partial charge in [-0.15, -0.1) is 11.3 Å². The van der Waals surface area contributed by atoms with Gasteiger partial charge >= 0.3 is 5.97 Å². The Morgan fingerprint density at radius 2 is 2.09 bits per heavy atom. The van der Waals surface area contributed by atoms with Crippen LogP contribution in [0, 0.1) is 6.92 Å². The molecule has 0 bridgehead atoms. The Labute approximate surface area is 138 Å². The number of aryl methyl sites for hydroxylation is 1. The zero-order valence-electron chi connectivity index (χ0n) is 13.3. The third kappa shape index (κ3) is 2.87. The number of carbonyl (C=O) groups excluding carboxylic acids is 1. The Hall–Kier alpha value is -2.18. The van der Waals surface area contributed by atoms with E-state index in [4.69, 9.17) is 9.47 Å². The van der Waals surface area contributed by atoms with E-state index in [-0.39, 0.29) is 5.97 Å². The summed E-state index contributed by atoms with van der Waals surface area (Å²) in [7, 11) is 1.66. The third-order valence-corrected chi connectivity index (χ3v) is 4.52. The molecule has 0 saturated carbocycles. The molecule has 0 fully saturated rings. The second-order valence-corrected chi connectivity index (χ2v) is 6.13. The number of thiophene rings is 1. The van der Waals surface area contributed by atoms with Gasteiger partial charge in [-0.25, -0.2) is 9.78 Å². The van der Waals surface area contributed by atoms with Crippen LogP contribution in [0.25, 0.3) is 15.9 Å². The van der Waals surface area contributed by atoms with Crippen LogP contribution in [0.4, 0.5) is 0 Å². The smallest absolute Gasteiger partial charge is 0.350 e. The minimum absolute atomic E-state index is 0.319. The summed E-state index contributed by atoms with van der Waals surface area (Å²) in [6.07, 6.45) is 3.83. The van der Waals surface area contributed by atoms with Crippen LogP contribution in [-0.4, -0.2) is 29.2 Å². The molecule has 0 saturated heterocycles. The molecule has 0 aliphatic heterocycles. The average molecular weight is 330 g/mol. The molecule has 23 heavy (non-hydrogen) atoms. The molecular weight excluding hydrogens is 312 g/mol. The summed E-state index contributed by atoms with van der Waals surface area (Å²) in [5.41, 5.74) is 2.73. The molecule has 3 aromatic rings. The number of esters is 1. The number of hydrogen-bond acceptors (Lipinski definition) is 5. The van der Waals surface area contributed by atoms with E-state index < -0.39 is 0 Å². The van der Waals surface area contributed by atoms with E-state index >= 15 is 0 Å². The number of pyridine rings is 1. The van der Waals surface area contributed by atoms with Gasteiger partial charge in [0.1, 0.15) is 9.71 Å². The fourth-order valence-electron chi connectivity index (χ4n) is 2.63. The lowest BCUT2D eigenvalue weighted by molar-refractivity contribution is 0.0532. The van der Waals surface area contributed by atoms with Crippen LogP contribution in [0.5, 0.6) is 0 Å². The summed E-state index contributed by atoms with van der Waals surface area (Å²) in [6.45, 7) is 4.56. The van der Waals surface area contributed by atoms with Crippen LogP contribution in [0.3, 0.4) is 0 Å². The van der Waals surface area contributed by atoms with Crippen LogP contribution in [-0.2, 0) is 16.1 Å². The van der Waals surface area contributed by atoms with Crippen LogP contribution < -0.4 is 0 Å². The summed E-state index contributed by atoms with van der Waals surface area (Å²) in [6, 6.07) is 5.85. The summed E-state index contributed by atoms with van der Waals surface area (Å²) in [5.74, 6) is -0.319. The predicted molar refractivity (Wildman–Crippen MR) is 90.4 cm³/mol. The summed E-state index contributed by atoms with van der Waals surface area (Å²) in [5, 5.41) is 0.946. The van der Waals surface area contributed by atoms with Crippen molar-refractivity contribution in [3.05, 3.63) is 46.7 Å². The normalized spacial score (nSPS) is 11.1. The fourth-order valence-corrected chi connectivity index (χ4v) is 3.79. The maximum Gasteiger partial charge on any atom is 0.350 e. The number of rotatable bonds is 5. The van der Waals surface area contributed by atoms with E-state index in [1.807, 2.05) is 42.1 Å². The molecule has 3 rings (SSSR count). The Morgan fingerprint density at radius 1 is 1.35 bits per heavy atom. The first-order valence-electron chi connectivity index (χ1n) is 7.38. The zero-order valence-corrected chi connectivity index (χ0v) is 14.1. The van der Waals surface area contributed by atoms with E-state index in [9.17, 15) is 4.79 Å². The van der Waals surface area contributed by atoms with E-state index in [1.165, 1.54) is 11.3 Å². The molecule has 5 nitrogen and oxygen atoms in total. The van der Waals surface area contributed by atoms with Gasteiger partial charge in [-0.2, -0.15) is 0 Å². The molecule has 0 radical (unpaired) electrons. The molecule has 6 heteroatoms. The number of nitrogens with zero attached hydrogens (tertiary/aromatic N) is 2. The van der Waals surface area contributed by atoms with Gasteiger partial charge in [-0.05, 0) is 37.6 Å². The molecule has 0 unspecified atom stereocenters. The highest BCUT2D eigenvalue weighted by Crippen LogP contribution is 2.36. The largest absolute Gasteiger partial charge is 0.462 e. The van der Waals surface area contributed by atoms with Crippen LogP contribution in [0.1, 0.15) is 27.9 Å². The molecule has 3 heterocycles. The Kier molecular flexibility index (Phi) is 4.45. The minimum atomic E-state index is -0.319. The van der Waals surface area contributed by atoms with Gasteiger partial charge in [-0.1, -0.05) is 0 Å². The summed E-state index contributed by atoms with van der Waals surface area (Å²) >= 11 is 1.36. The maximum atomic E-state index is 12.4. The first-order chi connectivity index (χ1) is 11.2. The number of methoxy groups -OCH3 is 1. The predicted octanol–water partition coefficient (Wildman–Crippen LogP) is 3.72. The van der Waals surface area contributed by atoms with Crippen molar-refractivity contribution >= 4 is 27.5 Å². The van der Waals surface area contributed by atoms with E-state index in [1.54, 1.807) is 14.0 Å². The quantitative estimate of drug-likeness (QED) is 0.669. The Bertz CT molecular complexity index is 837. The van der Waals surface area contributed by atoms with Gasteiger partial charge < -0.3 is 14.0 Å². The molecule has 0 aliphatic rings. The molecule has 0 aliphatic carbocycles. The number of aromatic nitrogens is 2. The molecular formula is C17H18N2O3S. The second kappa shape index (κ2) is 6.52. The van der Waals surface area contributed by atoms with Crippen molar-refractivity contribution < 1.29 is 14.3 Å². The summed E-state index contributed by atoms with van der Waals surface area (Å²) < 4.78 is 12.5. The van der Waals surface area contributed by atoms with Crippen molar-refractivity contribution in [2.45, 2.75) is 20.5 Å². The molecule has 3 aromatic heterocycles. The van der Waals surface area contributed by atoms with Crippen molar-refractivity contribution in [3.63, 3.8) is 0 Å². The number of carbonyl (C=O) groups is 1. The topological polar surface area (TPSA) is 53.4 Å². The monoisotopic (exact) mass is 330 g/mol. The molecule has 0 spiro atoms.